The van der Waals surface area contributed by atoms with Crippen LogP contribution in [-0.2, 0) is 15.4 Å². The van der Waals surface area contributed by atoms with Crippen LogP contribution in [0.25, 0.3) is 0 Å². The van der Waals surface area contributed by atoms with E-state index in [-0.39, 0.29) is 11.2 Å². The van der Waals surface area contributed by atoms with E-state index in [1.165, 1.54) is 108 Å². The van der Waals surface area contributed by atoms with Gasteiger partial charge < -0.3 is 5.11 Å². The van der Waals surface area contributed by atoms with Gasteiger partial charge in [0.25, 0.3) is 0 Å². The zero-order valence-corrected chi connectivity index (χ0v) is 19.4. The van der Waals surface area contributed by atoms with Crippen molar-refractivity contribution in [2.75, 3.05) is 18.1 Å². The fraction of sp³-hybridized carbons (Fsp3) is 1.00. The monoisotopic (exact) mass is 401 g/mol. The SMILES string of the molecule is CCCCCCCCC(C)O[S+](CCCO)CCCCCC1CCCCC1. The third-order valence-corrected chi connectivity index (χ3v) is 8.09. The predicted molar refractivity (Wildman–Crippen MR) is 122 cm³/mol. The first-order valence-corrected chi connectivity index (χ1v) is 13.7. The van der Waals surface area contributed by atoms with Crippen LogP contribution in [0.4, 0.5) is 0 Å². The highest BCUT2D eigenvalue weighted by Crippen LogP contribution is 2.28. The van der Waals surface area contributed by atoms with Gasteiger partial charge in [-0.25, -0.2) is 0 Å². The molecule has 0 bridgehead atoms. The van der Waals surface area contributed by atoms with E-state index in [9.17, 15) is 5.11 Å². The molecule has 0 spiro atoms. The maximum Gasteiger partial charge on any atom is 0.147 e. The molecule has 1 fully saturated rings. The van der Waals surface area contributed by atoms with Crippen LogP contribution in [0.1, 0.15) is 123 Å². The molecule has 2 nitrogen and oxygen atoms in total. The van der Waals surface area contributed by atoms with Crippen molar-refractivity contribution in [1.82, 2.24) is 0 Å². The Bertz CT molecular complexity index is 305. The summed E-state index contributed by atoms with van der Waals surface area (Å²) in [5.74, 6) is 3.30. The minimum Gasteiger partial charge on any atom is -0.396 e. The van der Waals surface area contributed by atoms with Gasteiger partial charge in [0.15, 0.2) is 0 Å². The molecule has 1 aliphatic carbocycles. The second-order valence-electron chi connectivity index (χ2n) is 8.74. The van der Waals surface area contributed by atoms with Crippen molar-refractivity contribution in [3.05, 3.63) is 0 Å². The number of unbranched alkanes of at least 4 members (excludes halogenated alkanes) is 7. The van der Waals surface area contributed by atoms with E-state index in [2.05, 4.69) is 13.8 Å². The predicted octanol–water partition coefficient (Wildman–Crippen LogP) is 7.20. The van der Waals surface area contributed by atoms with E-state index in [1.807, 2.05) is 0 Å². The normalized spacial score (nSPS) is 17.9. The number of aliphatic hydroxyl groups is 1. The van der Waals surface area contributed by atoms with Crippen LogP contribution < -0.4 is 0 Å². The highest BCUT2D eigenvalue weighted by Gasteiger charge is 2.23. The molecule has 0 saturated heterocycles. The Hall–Kier alpha value is 0.270. The van der Waals surface area contributed by atoms with Crippen LogP contribution >= 0.6 is 0 Å². The highest BCUT2D eigenvalue weighted by atomic mass is 32.2. The maximum atomic E-state index is 9.20. The lowest BCUT2D eigenvalue weighted by Crippen LogP contribution is -2.22. The molecular formula is C24H49O2S+. The summed E-state index contributed by atoms with van der Waals surface area (Å²) in [7, 11) is 0. The van der Waals surface area contributed by atoms with E-state index in [1.54, 1.807) is 0 Å². The molecule has 0 aliphatic heterocycles. The Morgan fingerprint density at radius 2 is 1.52 bits per heavy atom. The van der Waals surface area contributed by atoms with Gasteiger partial charge in [-0.3, -0.25) is 0 Å². The summed E-state index contributed by atoms with van der Waals surface area (Å²) < 4.78 is 6.39. The topological polar surface area (TPSA) is 29.5 Å². The smallest absolute Gasteiger partial charge is 0.147 e. The largest absolute Gasteiger partial charge is 0.396 e. The average Bonchev–Trinajstić information content (AvgIpc) is 2.69. The summed E-state index contributed by atoms with van der Waals surface area (Å²) in [5.41, 5.74) is 0. The summed E-state index contributed by atoms with van der Waals surface area (Å²) in [5, 5.41) is 9.20. The Labute approximate surface area is 173 Å². The molecule has 0 heterocycles. The number of rotatable bonds is 18. The summed E-state index contributed by atoms with van der Waals surface area (Å²) in [6.45, 7) is 4.84. The Morgan fingerprint density at radius 1 is 0.852 bits per heavy atom. The zero-order chi connectivity index (χ0) is 19.6. The van der Waals surface area contributed by atoms with Gasteiger partial charge in [-0.1, -0.05) is 90.4 Å². The lowest BCUT2D eigenvalue weighted by molar-refractivity contribution is 0.234. The van der Waals surface area contributed by atoms with Gasteiger partial charge in [-0.05, 0) is 32.1 Å². The van der Waals surface area contributed by atoms with Gasteiger partial charge in [-0.15, -0.1) is 0 Å². The fourth-order valence-electron chi connectivity index (χ4n) is 4.27. The molecule has 27 heavy (non-hydrogen) atoms. The van der Waals surface area contributed by atoms with E-state index >= 15 is 0 Å². The molecule has 0 radical (unpaired) electrons. The van der Waals surface area contributed by atoms with Gasteiger partial charge in [-0.2, -0.15) is 4.18 Å². The van der Waals surface area contributed by atoms with Gasteiger partial charge in [0, 0.05) is 13.0 Å². The molecule has 0 amide bonds. The van der Waals surface area contributed by atoms with Crippen molar-refractivity contribution in [2.45, 2.75) is 129 Å². The summed E-state index contributed by atoms with van der Waals surface area (Å²) in [6, 6.07) is 0. The van der Waals surface area contributed by atoms with Crippen LogP contribution in [-0.4, -0.2) is 29.3 Å². The molecular weight excluding hydrogens is 352 g/mol. The lowest BCUT2D eigenvalue weighted by Gasteiger charge is -2.21. The van der Waals surface area contributed by atoms with Crippen molar-refractivity contribution in [2.24, 2.45) is 5.92 Å². The third-order valence-electron chi connectivity index (χ3n) is 6.00. The molecule has 162 valence electrons. The number of hydrogen-bond acceptors (Lipinski definition) is 2. The van der Waals surface area contributed by atoms with Crippen LogP contribution in [0, 0.1) is 5.92 Å². The standard InChI is InChI=1S/C24H49O2S/c1-3-4-5-6-7-10-16-23(2)26-27(22-15-20-25)21-14-9-13-19-24-17-11-8-12-18-24/h23-25H,3-22H2,1-2H3/q+1. The molecule has 1 saturated carbocycles. The van der Waals surface area contributed by atoms with Crippen LogP contribution in [0.15, 0.2) is 0 Å². The van der Waals surface area contributed by atoms with Gasteiger partial charge >= 0.3 is 0 Å². The molecule has 2 unspecified atom stereocenters. The first-order valence-electron chi connectivity index (χ1n) is 12.2. The van der Waals surface area contributed by atoms with Gasteiger partial charge in [0.05, 0.1) is 0 Å². The molecule has 1 rings (SSSR count). The van der Waals surface area contributed by atoms with E-state index < -0.39 is 0 Å². The molecule has 2 atom stereocenters. The molecule has 0 aromatic rings. The highest BCUT2D eigenvalue weighted by molar-refractivity contribution is 7.92. The van der Waals surface area contributed by atoms with Gasteiger partial charge in [0.2, 0.25) is 0 Å². The van der Waals surface area contributed by atoms with E-state index in [4.69, 9.17) is 4.18 Å². The second kappa shape index (κ2) is 18.3. The zero-order valence-electron chi connectivity index (χ0n) is 18.6. The minimum absolute atomic E-state index is 0.0671. The van der Waals surface area contributed by atoms with Crippen molar-refractivity contribution in [3.8, 4) is 0 Å². The molecule has 3 heteroatoms. The minimum atomic E-state index is 0.0671. The summed E-state index contributed by atoms with van der Waals surface area (Å²) >= 11 is 0.0671. The second-order valence-corrected chi connectivity index (χ2v) is 10.6. The summed E-state index contributed by atoms with van der Waals surface area (Å²) in [4.78, 5) is 0. The molecule has 1 N–H and O–H groups in total. The van der Waals surface area contributed by atoms with Crippen LogP contribution in [0.2, 0.25) is 0 Å². The number of aliphatic hydroxyl groups excluding tert-OH is 1. The first-order chi connectivity index (χ1) is 13.3. The fourth-order valence-corrected chi connectivity index (χ4v) is 6.20. The van der Waals surface area contributed by atoms with Crippen molar-refractivity contribution in [1.29, 1.82) is 0 Å². The van der Waals surface area contributed by atoms with Crippen LogP contribution in [0.3, 0.4) is 0 Å². The van der Waals surface area contributed by atoms with Gasteiger partial charge in [0.1, 0.15) is 28.8 Å². The average molecular weight is 402 g/mol. The van der Waals surface area contributed by atoms with Crippen molar-refractivity contribution in [3.63, 3.8) is 0 Å². The Kier molecular flexibility index (Phi) is 17.2. The Balaban J connectivity index is 2.09. The number of hydrogen-bond donors (Lipinski definition) is 1. The lowest BCUT2D eigenvalue weighted by atomic mass is 9.86. The Morgan fingerprint density at radius 3 is 2.26 bits per heavy atom. The van der Waals surface area contributed by atoms with Crippen molar-refractivity contribution < 1.29 is 9.29 Å². The molecule has 1 aliphatic rings. The summed E-state index contributed by atoms with van der Waals surface area (Å²) in [6.07, 6.45) is 23.6. The molecule has 0 aromatic carbocycles. The van der Waals surface area contributed by atoms with E-state index in [0.29, 0.717) is 12.7 Å². The van der Waals surface area contributed by atoms with E-state index in [0.717, 1.165) is 18.1 Å². The van der Waals surface area contributed by atoms with Crippen molar-refractivity contribution >= 4 is 11.2 Å². The van der Waals surface area contributed by atoms with Crippen LogP contribution in [0.5, 0.6) is 0 Å². The molecule has 0 aromatic heterocycles. The first kappa shape index (κ1) is 25.3. The maximum absolute atomic E-state index is 9.20. The quantitative estimate of drug-likeness (QED) is 0.194. The third kappa shape index (κ3) is 14.9.